The number of hydrogen-bond acceptors (Lipinski definition) is 5. The van der Waals surface area contributed by atoms with Crippen molar-refractivity contribution in [3.8, 4) is 0 Å². The molecule has 2 saturated heterocycles. The van der Waals surface area contributed by atoms with Gasteiger partial charge in [0.1, 0.15) is 0 Å². The Bertz CT molecular complexity index is 738. The Morgan fingerprint density at radius 1 is 1.31 bits per heavy atom. The lowest BCUT2D eigenvalue weighted by Gasteiger charge is -2.31. The van der Waals surface area contributed by atoms with Gasteiger partial charge in [-0.05, 0) is 31.4 Å². The van der Waals surface area contributed by atoms with E-state index >= 15 is 0 Å². The van der Waals surface area contributed by atoms with Gasteiger partial charge in [0.15, 0.2) is 9.84 Å². The molecule has 0 bridgehead atoms. The summed E-state index contributed by atoms with van der Waals surface area (Å²) in [6.45, 7) is 4.10. The van der Waals surface area contributed by atoms with Crippen LogP contribution in [0.15, 0.2) is 30.3 Å². The number of rotatable bonds is 5. The summed E-state index contributed by atoms with van der Waals surface area (Å²) in [6, 6.07) is 9.85. The van der Waals surface area contributed by atoms with Crippen molar-refractivity contribution in [2.45, 2.75) is 31.3 Å². The molecular weight excluding hydrogens is 350 g/mol. The topological polar surface area (TPSA) is 83.7 Å². The average molecular weight is 380 g/mol. The van der Waals surface area contributed by atoms with Crippen LogP contribution in [0.4, 0.5) is 0 Å². The van der Waals surface area contributed by atoms with Crippen LogP contribution in [-0.2, 0) is 14.6 Å². The van der Waals surface area contributed by atoms with Crippen LogP contribution in [0.25, 0.3) is 0 Å². The number of carbonyl (C=O) groups excluding carboxylic acids is 1. The summed E-state index contributed by atoms with van der Waals surface area (Å²) >= 11 is 0. The van der Waals surface area contributed by atoms with E-state index in [0.29, 0.717) is 24.8 Å². The molecule has 0 aliphatic carbocycles. The maximum atomic E-state index is 12.9. The van der Waals surface area contributed by atoms with Crippen LogP contribution in [-0.4, -0.2) is 74.4 Å². The molecule has 0 radical (unpaired) electrons. The number of likely N-dealkylation sites (tertiary alicyclic amines) is 1. The predicted octanol–water partition coefficient (Wildman–Crippen LogP) is 0.695. The zero-order chi connectivity index (χ0) is 18.9. The van der Waals surface area contributed by atoms with E-state index in [4.69, 9.17) is 5.73 Å². The maximum Gasteiger partial charge on any atom is 0.239 e. The van der Waals surface area contributed by atoms with Gasteiger partial charge in [-0.1, -0.05) is 30.3 Å². The number of benzene rings is 1. The van der Waals surface area contributed by atoms with Gasteiger partial charge in [0.2, 0.25) is 5.91 Å². The molecule has 3 rings (SSSR count). The van der Waals surface area contributed by atoms with Gasteiger partial charge in [0.25, 0.3) is 0 Å². The molecule has 4 atom stereocenters. The molecule has 0 saturated carbocycles. The number of nitrogens with two attached hydrogens (primary N) is 1. The fourth-order valence-corrected chi connectivity index (χ4v) is 6.02. The molecule has 0 spiro atoms. The first-order valence-electron chi connectivity index (χ1n) is 9.28. The van der Waals surface area contributed by atoms with E-state index in [9.17, 15) is 13.2 Å². The lowest BCUT2D eigenvalue weighted by Crippen LogP contribution is -2.49. The molecule has 2 unspecified atom stereocenters. The monoisotopic (exact) mass is 379 g/mol. The van der Waals surface area contributed by atoms with E-state index in [1.165, 1.54) is 5.56 Å². The second-order valence-corrected chi connectivity index (χ2v) is 9.88. The van der Waals surface area contributed by atoms with Gasteiger partial charge >= 0.3 is 0 Å². The summed E-state index contributed by atoms with van der Waals surface area (Å²) < 4.78 is 23.4. The number of carbonyl (C=O) groups is 1. The molecule has 1 aromatic carbocycles. The second-order valence-electron chi connectivity index (χ2n) is 7.65. The molecule has 2 N–H and O–H groups in total. The first-order chi connectivity index (χ1) is 12.3. The Labute approximate surface area is 156 Å². The smallest absolute Gasteiger partial charge is 0.239 e. The third-order valence-electron chi connectivity index (χ3n) is 6.01. The zero-order valence-corrected chi connectivity index (χ0v) is 16.4. The minimum atomic E-state index is -3.00. The minimum Gasteiger partial charge on any atom is -0.340 e. The van der Waals surface area contributed by atoms with E-state index in [1.807, 2.05) is 25.1 Å². The number of hydrogen-bond donors (Lipinski definition) is 1. The Kier molecular flexibility index (Phi) is 5.69. The van der Waals surface area contributed by atoms with Gasteiger partial charge < -0.3 is 10.6 Å². The maximum absolute atomic E-state index is 12.9. The predicted molar refractivity (Wildman–Crippen MR) is 103 cm³/mol. The SMILES string of the molecule is CC(C(=O)N(C)C1CCS(=O)(=O)C1)N1C[C@@H](CN)[C@H](c2ccccc2)C1. The fourth-order valence-electron chi connectivity index (χ4n) is 4.25. The molecule has 2 fully saturated rings. The normalized spacial score (nSPS) is 29.6. The number of amides is 1. The van der Waals surface area contributed by atoms with Crippen molar-refractivity contribution in [1.29, 1.82) is 0 Å². The molecular formula is C19H29N3O3S. The van der Waals surface area contributed by atoms with Crippen LogP contribution in [0.3, 0.4) is 0 Å². The lowest BCUT2D eigenvalue weighted by atomic mass is 9.89. The third-order valence-corrected chi connectivity index (χ3v) is 7.76. The van der Waals surface area contributed by atoms with Crippen molar-refractivity contribution in [3.63, 3.8) is 0 Å². The van der Waals surface area contributed by atoms with Crippen LogP contribution >= 0.6 is 0 Å². The number of nitrogens with zero attached hydrogens (tertiary/aromatic N) is 2. The van der Waals surface area contributed by atoms with E-state index in [1.54, 1.807) is 11.9 Å². The van der Waals surface area contributed by atoms with Crippen LogP contribution < -0.4 is 5.73 Å². The van der Waals surface area contributed by atoms with Gasteiger partial charge in [0.05, 0.1) is 17.5 Å². The zero-order valence-electron chi connectivity index (χ0n) is 15.5. The summed E-state index contributed by atoms with van der Waals surface area (Å²) in [6.07, 6.45) is 0.537. The van der Waals surface area contributed by atoms with Crippen molar-refractivity contribution < 1.29 is 13.2 Å². The number of sulfone groups is 1. The molecule has 26 heavy (non-hydrogen) atoms. The summed E-state index contributed by atoms with van der Waals surface area (Å²) in [5.41, 5.74) is 7.26. The van der Waals surface area contributed by atoms with E-state index in [0.717, 1.165) is 13.1 Å². The van der Waals surface area contributed by atoms with Crippen molar-refractivity contribution in [2.24, 2.45) is 11.7 Å². The Morgan fingerprint density at radius 3 is 2.58 bits per heavy atom. The highest BCUT2D eigenvalue weighted by atomic mass is 32.2. The highest BCUT2D eigenvalue weighted by molar-refractivity contribution is 7.91. The summed E-state index contributed by atoms with van der Waals surface area (Å²) in [7, 11) is -1.27. The molecule has 2 aliphatic rings. The van der Waals surface area contributed by atoms with E-state index in [2.05, 4.69) is 17.0 Å². The molecule has 144 valence electrons. The van der Waals surface area contributed by atoms with Gasteiger partial charge in [-0.15, -0.1) is 0 Å². The average Bonchev–Trinajstić information content (AvgIpc) is 3.23. The minimum absolute atomic E-state index is 0.00316. The molecule has 6 nitrogen and oxygen atoms in total. The largest absolute Gasteiger partial charge is 0.340 e. The van der Waals surface area contributed by atoms with Crippen molar-refractivity contribution >= 4 is 15.7 Å². The highest BCUT2D eigenvalue weighted by Crippen LogP contribution is 2.33. The second kappa shape index (κ2) is 7.66. The Hall–Kier alpha value is -1.44. The molecule has 2 aliphatic heterocycles. The first-order valence-corrected chi connectivity index (χ1v) is 11.1. The fraction of sp³-hybridized carbons (Fsp3) is 0.632. The summed E-state index contributed by atoms with van der Waals surface area (Å²) in [4.78, 5) is 16.8. The highest BCUT2D eigenvalue weighted by Gasteiger charge is 2.40. The molecule has 1 amide bonds. The standard InChI is InChI=1S/C19H29N3O3S/c1-14(19(23)21(2)17-8-9-26(24,25)13-17)22-11-16(10-20)18(12-22)15-6-4-3-5-7-15/h3-7,14,16-18H,8-13,20H2,1-2H3/t14?,16-,17?,18+/m1/s1. The van der Waals surface area contributed by atoms with Gasteiger partial charge in [-0.2, -0.15) is 0 Å². The van der Waals surface area contributed by atoms with Gasteiger partial charge in [-0.25, -0.2) is 8.42 Å². The molecule has 7 heteroatoms. The van der Waals surface area contributed by atoms with Gasteiger partial charge in [-0.3, -0.25) is 9.69 Å². The Balaban J connectivity index is 1.68. The quantitative estimate of drug-likeness (QED) is 0.814. The first kappa shape index (κ1) is 19.3. The van der Waals surface area contributed by atoms with Crippen molar-refractivity contribution in [1.82, 2.24) is 9.80 Å². The summed E-state index contributed by atoms with van der Waals surface area (Å²) in [5, 5.41) is 0. The molecule has 1 aromatic rings. The lowest BCUT2D eigenvalue weighted by molar-refractivity contribution is -0.136. The van der Waals surface area contributed by atoms with E-state index < -0.39 is 9.84 Å². The third kappa shape index (κ3) is 3.94. The molecule has 2 heterocycles. The van der Waals surface area contributed by atoms with Crippen molar-refractivity contribution in [3.05, 3.63) is 35.9 Å². The van der Waals surface area contributed by atoms with Crippen LogP contribution in [0.2, 0.25) is 0 Å². The number of likely N-dealkylation sites (N-methyl/N-ethyl adjacent to an activating group) is 1. The summed E-state index contributed by atoms with van der Waals surface area (Å²) in [5.74, 6) is 0.911. The van der Waals surface area contributed by atoms with Gasteiger partial charge in [0, 0.05) is 32.1 Å². The van der Waals surface area contributed by atoms with E-state index in [-0.39, 0.29) is 29.5 Å². The van der Waals surface area contributed by atoms with Crippen LogP contribution in [0.5, 0.6) is 0 Å². The molecule has 0 aromatic heterocycles. The van der Waals surface area contributed by atoms with Crippen LogP contribution in [0, 0.1) is 5.92 Å². The van der Waals surface area contributed by atoms with Crippen molar-refractivity contribution in [2.75, 3.05) is 38.2 Å². The van der Waals surface area contributed by atoms with Crippen LogP contribution in [0.1, 0.15) is 24.8 Å². The Morgan fingerprint density at radius 2 is 2.00 bits per heavy atom.